The molecule has 4 N–H and O–H groups in total. The molecule has 0 aliphatic carbocycles. The molecule has 1 heterocycles. The first kappa shape index (κ1) is 17.1. The Hall–Kier alpha value is -1.93. The minimum atomic E-state index is -0.990. The van der Waals surface area contributed by atoms with Crippen molar-refractivity contribution in [3.63, 3.8) is 0 Å². The minimum absolute atomic E-state index is 0.111. The Morgan fingerprint density at radius 1 is 1.47 bits per heavy atom. The van der Waals surface area contributed by atoms with Gasteiger partial charge in [0.25, 0.3) is 0 Å². The van der Waals surface area contributed by atoms with Crippen LogP contribution in [0.1, 0.15) is 5.69 Å². The van der Waals surface area contributed by atoms with E-state index in [2.05, 4.69) is 4.98 Å². The van der Waals surface area contributed by atoms with E-state index in [1.54, 1.807) is 43.1 Å². The maximum absolute atomic E-state index is 10.4. The second kappa shape index (κ2) is 8.22. The zero-order valence-electron chi connectivity index (χ0n) is 11.3. The van der Waals surface area contributed by atoms with E-state index in [1.165, 1.54) is 0 Å². The zero-order valence-corrected chi connectivity index (χ0v) is 11.3. The number of carbonyl (C=O) groups is 2. The number of likely N-dealkylation sites (N-methyl/N-ethyl adjacent to an activating group) is 1. The van der Waals surface area contributed by atoms with E-state index in [-0.39, 0.29) is 6.54 Å². The predicted molar refractivity (Wildman–Crippen MR) is 68.7 cm³/mol. The highest BCUT2D eigenvalue weighted by Gasteiger charge is 2.13. The largest absolute Gasteiger partial charge is 0.480 e. The lowest BCUT2D eigenvalue weighted by atomic mass is 10.2. The summed E-state index contributed by atoms with van der Waals surface area (Å²) >= 11 is 0. The lowest BCUT2D eigenvalue weighted by molar-refractivity contribution is -0.139. The normalized spacial score (nSPS) is 11.6. The third kappa shape index (κ3) is 7.90. The Morgan fingerprint density at radius 2 is 2.05 bits per heavy atom. The van der Waals surface area contributed by atoms with Crippen molar-refractivity contribution >= 4 is 11.9 Å². The number of imidazole rings is 1. The van der Waals surface area contributed by atoms with Gasteiger partial charge >= 0.3 is 11.9 Å². The smallest absolute Gasteiger partial charge is 0.320 e. The van der Waals surface area contributed by atoms with Crippen molar-refractivity contribution in [2.24, 2.45) is 12.8 Å². The van der Waals surface area contributed by atoms with Crippen LogP contribution < -0.4 is 5.73 Å². The highest BCUT2D eigenvalue weighted by molar-refractivity contribution is 5.73. The van der Waals surface area contributed by atoms with Crippen molar-refractivity contribution in [1.82, 2.24) is 14.5 Å². The number of nitrogens with two attached hydrogens (primary N) is 1. The Morgan fingerprint density at radius 3 is 2.32 bits per heavy atom. The summed E-state index contributed by atoms with van der Waals surface area (Å²) in [6.07, 6.45) is 3.54. The fourth-order valence-electron chi connectivity index (χ4n) is 1.16. The van der Waals surface area contributed by atoms with Gasteiger partial charge in [-0.2, -0.15) is 0 Å². The van der Waals surface area contributed by atoms with Crippen LogP contribution in [0.5, 0.6) is 0 Å². The molecule has 8 nitrogen and oxygen atoms in total. The highest BCUT2D eigenvalue weighted by atomic mass is 16.4. The third-order valence-electron chi connectivity index (χ3n) is 2.11. The van der Waals surface area contributed by atoms with Gasteiger partial charge < -0.3 is 20.5 Å². The van der Waals surface area contributed by atoms with E-state index in [0.717, 1.165) is 5.69 Å². The van der Waals surface area contributed by atoms with Crippen molar-refractivity contribution in [3.05, 3.63) is 18.2 Å². The van der Waals surface area contributed by atoms with E-state index >= 15 is 0 Å². The lowest BCUT2D eigenvalue weighted by Crippen LogP contribution is -2.32. The highest BCUT2D eigenvalue weighted by Crippen LogP contribution is 1.99. The van der Waals surface area contributed by atoms with Gasteiger partial charge in [-0.3, -0.25) is 14.5 Å². The molecule has 0 saturated carbocycles. The van der Waals surface area contributed by atoms with Gasteiger partial charge in [-0.25, -0.2) is 4.98 Å². The molecule has 0 fully saturated rings. The van der Waals surface area contributed by atoms with Crippen LogP contribution in [0.2, 0.25) is 0 Å². The predicted octanol–water partition coefficient (Wildman–Crippen LogP) is -0.993. The number of aliphatic carboxylic acids is 2. The average Bonchev–Trinajstić information content (AvgIpc) is 2.63. The maximum Gasteiger partial charge on any atom is 0.320 e. The van der Waals surface area contributed by atoms with Crippen molar-refractivity contribution in [2.45, 2.75) is 12.5 Å². The molecule has 1 aromatic rings. The summed E-state index contributed by atoms with van der Waals surface area (Å²) in [6, 6.07) is -0.847. The molecule has 0 bridgehead atoms. The summed E-state index contributed by atoms with van der Waals surface area (Å²) in [5.74, 6) is -1.78. The molecular weight excluding hydrogens is 252 g/mol. The van der Waals surface area contributed by atoms with Gasteiger partial charge in [0.2, 0.25) is 0 Å². The SMILES string of the molecule is CN(C)CC(=O)O.Cn1cncc1CC(N)C(=O)O. The molecule has 0 saturated heterocycles. The standard InChI is InChI=1S/C7H11N3O2.C4H9NO2/c1-10-4-9-3-5(10)2-6(8)7(11)12;1-5(2)3-4(6)7/h3-4,6H,2,8H2,1H3,(H,11,12);3H2,1-2H3,(H,6,7). The van der Waals surface area contributed by atoms with Crippen LogP contribution in [0, 0.1) is 0 Å². The first-order chi connectivity index (χ1) is 8.73. The quantitative estimate of drug-likeness (QED) is 0.629. The van der Waals surface area contributed by atoms with E-state index in [9.17, 15) is 9.59 Å². The van der Waals surface area contributed by atoms with Gasteiger partial charge in [-0.15, -0.1) is 0 Å². The van der Waals surface area contributed by atoms with Gasteiger partial charge in [0.15, 0.2) is 0 Å². The fraction of sp³-hybridized carbons (Fsp3) is 0.545. The molecule has 0 radical (unpaired) electrons. The van der Waals surface area contributed by atoms with Crippen molar-refractivity contribution < 1.29 is 19.8 Å². The molecule has 0 aliphatic heterocycles. The zero-order chi connectivity index (χ0) is 15.0. The Balaban J connectivity index is 0.000000399. The number of hydrogen-bond acceptors (Lipinski definition) is 5. The topological polar surface area (TPSA) is 122 Å². The second-order valence-corrected chi connectivity index (χ2v) is 4.28. The molecule has 19 heavy (non-hydrogen) atoms. The van der Waals surface area contributed by atoms with Crippen molar-refractivity contribution in [3.8, 4) is 0 Å². The van der Waals surface area contributed by atoms with Gasteiger partial charge in [-0.1, -0.05) is 0 Å². The molecule has 1 aromatic heterocycles. The Bertz CT molecular complexity index is 417. The number of aromatic nitrogens is 2. The molecule has 0 spiro atoms. The van der Waals surface area contributed by atoms with Crippen LogP contribution in [-0.2, 0) is 23.1 Å². The van der Waals surface area contributed by atoms with Gasteiger partial charge in [-0.05, 0) is 14.1 Å². The molecule has 0 aromatic carbocycles. The molecule has 0 amide bonds. The van der Waals surface area contributed by atoms with Crippen LogP contribution in [0.3, 0.4) is 0 Å². The summed E-state index contributed by atoms with van der Waals surface area (Å²) in [7, 11) is 5.24. The summed E-state index contributed by atoms with van der Waals surface area (Å²) in [6.45, 7) is 0.111. The van der Waals surface area contributed by atoms with E-state index in [0.29, 0.717) is 6.42 Å². The number of rotatable bonds is 5. The number of carboxylic acid groups (broad SMARTS) is 2. The number of aryl methyl sites for hydroxylation is 1. The summed E-state index contributed by atoms with van der Waals surface area (Å²) in [5, 5.41) is 16.6. The Kier molecular flexibility index (Phi) is 7.39. The van der Waals surface area contributed by atoms with E-state index in [4.69, 9.17) is 15.9 Å². The van der Waals surface area contributed by atoms with Crippen LogP contribution >= 0.6 is 0 Å². The first-order valence-corrected chi connectivity index (χ1v) is 5.54. The third-order valence-corrected chi connectivity index (χ3v) is 2.11. The van der Waals surface area contributed by atoms with Gasteiger partial charge in [0, 0.05) is 25.4 Å². The molecule has 1 atom stereocenters. The average molecular weight is 272 g/mol. The van der Waals surface area contributed by atoms with Crippen LogP contribution in [-0.4, -0.2) is 63.3 Å². The summed E-state index contributed by atoms with van der Waals surface area (Å²) in [4.78, 5) is 25.6. The molecule has 1 unspecified atom stereocenters. The van der Waals surface area contributed by atoms with E-state index < -0.39 is 18.0 Å². The summed E-state index contributed by atoms with van der Waals surface area (Å²) in [5.41, 5.74) is 6.16. The fourth-order valence-corrected chi connectivity index (χ4v) is 1.16. The minimum Gasteiger partial charge on any atom is -0.480 e. The second-order valence-electron chi connectivity index (χ2n) is 4.28. The van der Waals surface area contributed by atoms with E-state index in [1.807, 2.05) is 0 Å². The number of hydrogen-bond donors (Lipinski definition) is 3. The number of nitrogens with zero attached hydrogens (tertiary/aromatic N) is 3. The monoisotopic (exact) mass is 272 g/mol. The molecular formula is C11H20N4O4. The first-order valence-electron chi connectivity index (χ1n) is 5.54. The van der Waals surface area contributed by atoms with Crippen LogP contribution in [0.4, 0.5) is 0 Å². The van der Waals surface area contributed by atoms with Crippen LogP contribution in [0.25, 0.3) is 0 Å². The molecule has 108 valence electrons. The summed E-state index contributed by atoms with van der Waals surface area (Å²) < 4.78 is 1.75. The van der Waals surface area contributed by atoms with Crippen LogP contribution in [0.15, 0.2) is 12.5 Å². The molecule has 0 aliphatic rings. The van der Waals surface area contributed by atoms with Gasteiger partial charge in [0.05, 0.1) is 12.9 Å². The van der Waals surface area contributed by atoms with Crippen molar-refractivity contribution in [2.75, 3.05) is 20.6 Å². The molecule has 1 rings (SSSR count). The van der Waals surface area contributed by atoms with Crippen molar-refractivity contribution in [1.29, 1.82) is 0 Å². The lowest BCUT2D eigenvalue weighted by Gasteiger charge is -2.05. The Labute approximate surface area is 111 Å². The maximum atomic E-state index is 10.4. The molecule has 8 heteroatoms. The van der Waals surface area contributed by atoms with Gasteiger partial charge in [0.1, 0.15) is 6.04 Å². The number of carboxylic acids is 2.